The predicted molar refractivity (Wildman–Crippen MR) is 77.6 cm³/mol. The van der Waals surface area contributed by atoms with E-state index in [-0.39, 0.29) is 12.5 Å². The first kappa shape index (κ1) is 16.7. The molecule has 1 aromatic rings. The Morgan fingerprint density at radius 3 is 2.29 bits per heavy atom. The Hall–Kier alpha value is -2.37. The Bertz CT molecular complexity index is 502. The fourth-order valence-electron chi connectivity index (χ4n) is 1.84. The van der Waals surface area contributed by atoms with Crippen LogP contribution in [0.3, 0.4) is 0 Å². The standard InChI is InChI=1S/C15H20N2O4/c1-4-21-15(20)13(10(2)16-11(3)18)17-14(19)12-8-6-5-7-9-12/h5-10,13H,4H2,1-3H3,(H,16,18)(H,17,19)/t10-,13+/m0/s1. The molecule has 0 saturated carbocycles. The molecule has 0 saturated heterocycles. The third-order valence-electron chi connectivity index (χ3n) is 2.79. The molecule has 0 aliphatic heterocycles. The molecule has 0 aromatic heterocycles. The Balaban J connectivity index is 2.84. The molecule has 2 amide bonds. The second-order valence-electron chi connectivity index (χ2n) is 4.56. The quantitative estimate of drug-likeness (QED) is 0.762. The van der Waals surface area contributed by atoms with Crippen molar-refractivity contribution >= 4 is 17.8 Å². The van der Waals surface area contributed by atoms with Crippen LogP contribution in [-0.4, -0.2) is 36.5 Å². The SMILES string of the molecule is CCOC(=O)[C@H](NC(=O)c1ccccc1)[C@H](C)NC(C)=O. The number of ether oxygens (including phenoxy) is 1. The Morgan fingerprint density at radius 2 is 1.76 bits per heavy atom. The number of carbonyl (C=O) groups excluding carboxylic acids is 3. The maximum atomic E-state index is 12.1. The lowest BCUT2D eigenvalue weighted by molar-refractivity contribution is -0.146. The minimum Gasteiger partial charge on any atom is -0.464 e. The van der Waals surface area contributed by atoms with Gasteiger partial charge in [-0.25, -0.2) is 4.79 Å². The molecule has 0 aliphatic rings. The van der Waals surface area contributed by atoms with Gasteiger partial charge >= 0.3 is 5.97 Å². The lowest BCUT2D eigenvalue weighted by atomic mass is 10.1. The van der Waals surface area contributed by atoms with Crippen LogP contribution in [0.15, 0.2) is 30.3 Å². The minimum atomic E-state index is -0.943. The number of benzene rings is 1. The van der Waals surface area contributed by atoms with Crippen molar-refractivity contribution < 1.29 is 19.1 Å². The third-order valence-corrected chi connectivity index (χ3v) is 2.79. The summed E-state index contributed by atoms with van der Waals surface area (Å²) in [5.74, 6) is -1.26. The third kappa shape index (κ3) is 5.25. The number of amides is 2. The van der Waals surface area contributed by atoms with Gasteiger partial charge in [0.1, 0.15) is 6.04 Å². The normalized spacial score (nSPS) is 12.9. The van der Waals surface area contributed by atoms with E-state index in [0.717, 1.165) is 0 Å². The molecule has 6 nitrogen and oxygen atoms in total. The van der Waals surface area contributed by atoms with E-state index in [2.05, 4.69) is 10.6 Å². The molecule has 0 aliphatic carbocycles. The molecule has 0 spiro atoms. The molecule has 0 radical (unpaired) electrons. The van der Waals surface area contributed by atoms with Crippen molar-refractivity contribution in [3.63, 3.8) is 0 Å². The average Bonchev–Trinajstić information content (AvgIpc) is 2.44. The highest BCUT2D eigenvalue weighted by Gasteiger charge is 2.29. The molecule has 0 fully saturated rings. The molecule has 21 heavy (non-hydrogen) atoms. The van der Waals surface area contributed by atoms with E-state index >= 15 is 0 Å². The molecule has 2 atom stereocenters. The summed E-state index contributed by atoms with van der Waals surface area (Å²) in [6.45, 7) is 4.85. The summed E-state index contributed by atoms with van der Waals surface area (Å²) in [7, 11) is 0. The van der Waals surface area contributed by atoms with Crippen molar-refractivity contribution in [3.8, 4) is 0 Å². The Labute approximate surface area is 123 Å². The van der Waals surface area contributed by atoms with Crippen molar-refractivity contribution in [2.45, 2.75) is 32.9 Å². The highest BCUT2D eigenvalue weighted by Crippen LogP contribution is 2.03. The molecule has 6 heteroatoms. The highest BCUT2D eigenvalue weighted by molar-refractivity contribution is 5.97. The molecular formula is C15H20N2O4. The van der Waals surface area contributed by atoms with Gasteiger partial charge in [-0.05, 0) is 26.0 Å². The lowest BCUT2D eigenvalue weighted by Crippen LogP contribution is -2.54. The van der Waals surface area contributed by atoms with Crippen LogP contribution < -0.4 is 10.6 Å². The molecule has 2 N–H and O–H groups in total. The van der Waals surface area contributed by atoms with Gasteiger partial charge in [-0.2, -0.15) is 0 Å². The first-order chi connectivity index (χ1) is 9.95. The second-order valence-corrected chi connectivity index (χ2v) is 4.56. The zero-order valence-electron chi connectivity index (χ0n) is 12.4. The van der Waals surface area contributed by atoms with E-state index in [0.29, 0.717) is 5.56 Å². The van der Waals surface area contributed by atoms with Crippen molar-refractivity contribution in [2.24, 2.45) is 0 Å². The summed E-state index contributed by atoms with van der Waals surface area (Å²) in [4.78, 5) is 35.2. The second kappa shape index (κ2) is 8.04. The molecule has 114 valence electrons. The van der Waals surface area contributed by atoms with E-state index in [1.165, 1.54) is 6.92 Å². The number of nitrogens with one attached hydrogen (secondary N) is 2. The Kier molecular flexibility index (Phi) is 6.39. The van der Waals surface area contributed by atoms with E-state index < -0.39 is 24.0 Å². The number of hydrogen-bond acceptors (Lipinski definition) is 4. The summed E-state index contributed by atoms with van der Waals surface area (Å²) in [6.07, 6.45) is 0. The van der Waals surface area contributed by atoms with E-state index in [4.69, 9.17) is 4.74 Å². The molecule has 0 heterocycles. The largest absolute Gasteiger partial charge is 0.464 e. The summed E-state index contributed by atoms with van der Waals surface area (Å²) in [5, 5.41) is 5.18. The fourth-order valence-corrected chi connectivity index (χ4v) is 1.84. The van der Waals surface area contributed by atoms with Gasteiger partial charge in [-0.15, -0.1) is 0 Å². The van der Waals surface area contributed by atoms with Crippen molar-refractivity contribution in [2.75, 3.05) is 6.61 Å². The van der Waals surface area contributed by atoms with Crippen molar-refractivity contribution in [1.29, 1.82) is 0 Å². The Morgan fingerprint density at radius 1 is 1.14 bits per heavy atom. The van der Waals surface area contributed by atoms with Gasteiger partial charge in [0.25, 0.3) is 5.91 Å². The molecule has 1 aromatic carbocycles. The maximum absolute atomic E-state index is 12.1. The average molecular weight is 292 g/mol. The molecular weight excluding hydrogens is 272 g/mol. The van der Waals surface area contributed by atoms with Gasteiger partial charge in [0.2, 0.25) is 5.91 Å². The molecule has 0 unspecified atom stereocenters. The van der Waals surface area contributed by atoms with Crippen LogP contribution in [0, 0.1) is 0 Å². The van der Waals surface area contributed by atoms with Crippen molar-refractivity contribution in [3.05, 3.63) is 35.9 Å². The summed E-state index contributed by atoms with van der Waals surface area (Å²) >= 11 is 0. The topological polar surface area (TPSA) is 84.5 Å². The van der Waals surface area contributed by atoms with Crippen LogP contribution in [0.25, 0.3) is 0 Å². The highest BCUT2D eigenvalue weighted by atomic mass is 16.5. The van der Waals surface area contributed by atoms with E-state index in [1.807, 2.05) is 0 Å². The number of esters is 1. The van der Waals surface area contributed by atoms with Gasteiger partial charge < -0.3 is 15.4 Å². The predicted octanol–water partition coefficient (Wildman–Crippen LogP) is 0.873. The van der Waals surface area contributed by atoms with Crippen LogP contribution in [-0.2, 0) is 14.3 Å². The van der Waals surface area contributed by atoms with E-state index in [1.54, 1.807) is 44.2 Å². The first-order valence-electron chi connectivity index (χ1n) is 6.75. The van der Waals surface area contributed by atoms with Crippen LogP contribution in [0.1, 0.15) is 31.1 Å². The summed E-state index contributed by atoms with van der Waals surface area (Å²) in [6, 6.07) is 7.01. The first-order valence-corrected chi connectivity index (χ1v) is 6.75. The monoisotopic (exact) mass is 292 g/mol. The van der Waals surface area contributed by atoms with Crippen LogP contribution >= 0.6 is 0 Å². The van der Waals surface area contributed by atoms with Crippen LogP contribution in [0.2, 0.25) is 0 Å². The summed E-state index contributed by atoms with van der Waals surface area (Å²) in [5.41, 5.74) is 0.432. The fraction of sp³-hybridized carbons (Fsp3) is 0.400. The van der Waals surface area contributed by atoms with Gasteiger partial charge in [0.05, 0.1) is 12.6 Å². The smallest absolute Gasteiger partial charge is 0.330 e. The number of hydrogen-bond donors (Lipinski definition) is 2. The van der Waals surface area contributed by atoms with Gasteiger partial charge in [0, 0.05) is 12.5 Å². The zero-order chi connectivity index (χ0) is 15.8. The number of rotatable bonds is 6. The van der Waals surface area contributed by atoms with Crippen LogP contribution in [0.5, 0.6) is 0 Å². The number of carbonyl (C=O) groups is 3. The molecule has 0 bridgehead atoms. The minimum absolute atomic E-state index is 0.198. The van der Waals surface area contributed by atoms with Crippen LogP contribution in [0.4, 0.5) is 0 Å². The van der Waals surface area contributed by atoms with E-state index in [9.17, 15) is 14.4 Å². The van der Waals surface area contributed by atoms with Gasteiger partial charge in [0.15, 0.2) is 0 Å². The maximum Gasteiger partial charge on any atom is 0.330 e. The van der Waals surface area contributed by atoms with Gasteiger partial charge in [-0.3, -0.25) is 9.59 Å². The van der Waals surface area contributed by atoms with Gasteiger partial charge in [-0.1, -0.05) is 18.2 Å². The summed E-state index contributed by atoms with van der Waals surface area (Å²) < 4.78 is 4.94. The lowest BCUT2D eigenvalue weighted by Gasteiger charge is -2.23. The zero-order valence-corrected chi connectivity index (χ0v) is 12.4. The molecule has 1 rings (SSSR count). The van der Waals surface area contributed by atoms with Crippen molar-refractivity contribution in [1.82, 2.24) is 10.6 Å².